The topological polar surface area (TPSA) is 62.9 Å². The number of hydrogen-bond donors (Lipinski definition) is 1. The molecule has 5 nitrogen and oxygen atoms in total. The molecule has 0 amide bonds. The second kappa shape index (κ2) is 16.5. The maximum atomic E-state index is 5.96. The highest BCUT2D eigenvalue weighted by Crippen LogP contribution is 2.23. The van der Waals surface area contributed by atoms with E-state index in [0.29, 0.717) is 19.8 Å². The minimum atomic E-state index is -2.75. The van der Waals surface area contributed by atoms with Crippen LogP contribution in [-0.4, -0.2) is 48.0 Å². The Labute approximate surface area is 150 Å². The van der Waals surface area contributed by atoms with Crippen molar-refractivity contribution in [2.45, 2.75) is 84.3 Å². The molecule has 0 heterocycles. The molecule has 0 bridgehead atoms. The molecule has 0 rings (SSSR count). The van der Waals surface area contributed by atoms with Crippen LogP contribution in [0.4, 0.5) is 0 Å². The molecule has 0 aromatic heterocycles. The normalized spacial score (nSPS) is 13.4. The van der Waals surface area contributed by atoms with Crippen molar-refractivity contribution in [2.24, 2.45) is 5.73 Å². The second-order valence-corrected chi connectivity index (χ2v) is 8.75. The summed E-state index contributed by atoms with van der Waals surface area (Å²) in [4.78, 5) is 0. The number of rotatable bonds is 18. The molecule has 0 aliphatic rings. The van der Waals surface area contributed by atoms with Gasteiger partial charge in [0.15, 0.2) is 0 Å². The number of nitrogens with two attached hydrogens (primary N) is 1. The first-order valence-corrected chi connectivity index (χ1v) is 11.7. The molecule has 1 unspecified atom stereocenters. The molecule has 0 saturated carbocycles. The molecule has 6 heteroatoms. The van der Waals surface area contributed by atoms with Crippen LogP contribution in [0.2, 0.25) is 0 Å². The number of unbranched alkanes of at least 4 members (excludes halogenated alkanes) is 7. The first-order chi connectivity index (χ1) is 11.7. The predicted molar refractivity (Wildman–Crippen MR) is 102 cm³/mol. The van der Waals surface area contributed by atoms with Crippen molar-refractivity contribution in [3.63, 3.8) is 0 Å². The highest BCUT2D eigenvalue weighted by Gasteiger charge is 2.49. The van der Waals surface area contributed by atoms with Gasteiger partial charge in [-0.25, -0.2) is 0 Å². The van der Waals surface area contributed by atoms with Gasteiger partial charge in [-0.3, -0.25) is 0 Å². The van der Waals surface area contributed by atoms with E-state index in [0.717, 1.165) is 25.8 Å². The number of ether oxygens (including phenoxy) is 1. The fourth-order valence-corrected chi connectivity index (χ4v) is 5.84. The van der Waals surface area contributed by atoms with Crippen LogP contribution in [0.3, 0.4) is 0 Å². The average molecular weight is 364 g/mol. The summed E-state index contributed by atoms with van der Waals surface area (Å²) in [6, 6.07) is 0. The summed E-state index contributed by atoms with van der Waals surface area (Å²) in [5.41, 5.74) is 5.44. The Morgan fingerprint density at radius 1 is 0.708 bits per heavy atom. The number of methoxy groups -OCH3 is 1. The molecule has 0 spiro atoms. The van der Waals surface area contributed by atoms with E-state index in [1.165, 1.54) is 38.5 Å². The summed E-state index contributed by atoms with van der Waals surface area (Å²) in [7, 11) is -1.01. The Balaban J connectivity index is 4.15. The molecule has 1 atom stereocenters. The lowest BCUT2D eigenvalue weighted by Gasteiger charge is -2.34. The molecule has 0 aromatic rings. The van der Waals surface area contributed by atoms with Crippen LogP contribution in [0.25, 0.3) is 0 Å². The summed E-state index contributed by atoms with van der Waals surface area (Å²) in [5, 5.41) is 0. The van der Waals surface area contributed by atoms with Gasteiger partial charge in [0, 0.05) is 26.9 Å². The third kappa shape index (κ3) is 10.1. The first-order valence-electron chi connectivity index (χ1n) is 9.85. The minimum Gasteiger partial charge on any atom is -0.377 e. The van der Waals surface area contributed by atoms with E-state index < -0.39 is 8.80 Å². The van der Waals surface area contributed by atoms with E-state index in [1.54, 1.807) is 7.11 Å². The maximum absolute atomic E-state index is 5.96. The Hall–Kier alpha value is 0.0169. The third-order valence-electron chi connectivity index (χ3n) is 4.14. The Kier molecular flexibility index (Phi) is 16.5. The summed E-state index contributed by atoms with van der Waals surface area (Å²) in [5.74, 6) is 0. The standard InChI is InChI=1S/C18H41NO4Si/c1-5-21-24(22-6-2,23-7-3)18(20-4)16-14-12-10-8-9-11-13-15-17-19/h18H,5-17,19H2,1-4H3. The molecular weight excluding hydrogens is 322 g/mol. The van der Waals surface area contributed by atoms with Gasteiger partial charge in [0.05, 0.1) is 0 Å². The van der Waals surface area contributed by atoms with Crippen LogP contribution >= 0.6 is 0 Å². The highest BCUT2D eigenvalue weighted by molar-refractivity contribution is 6.62. The lowest BCUT2D eigenvalue weighted by molar-refractivity contribution is 0.00309. The van der Waals surface area contributed by atoms with Gasteiger partial charge in [-0.2, -0.15) is 0 Å². The van der Waals surface area contributed by atoms with Crippen LogP contribution in [-0.2, 0) is 18.0 Å². The minimum absolute atomic E-state index is 0.0677. The van der Waals surface area contributed by atoms with Crippen molar-refractivity contribution in [2.75, 3.05) is 33.5 Å². The summed E-state index contributed by atoms with van der Waals surface area (Å²) in [6.07, 6.45) is 11.0. The number of hydrogen-bond acceptors (Lipinski definition) is 5. The van der Waals surface area contributed by atoms with Gasteiger partial charge in [0.1, 0.15) is 5.73 Å². The van der Waals surface area contributed by atoms with Crippen LogP contribution in [0, 0.1) is 0 Å². The largest absolute Gasteiger partial charge is 0.531 e. The molecule has 146 valence electrons. The lowest BCUT2D eigenvalue weighted by atomic mass is 10.1. The summed E-state index contributed by atoms with van der Waals surface area (Å²) >= 11 is 0. The van der Waals surface area contributed by atoms with Gasteiger partial charge < -0.3 is 23.7 Å². The fourth-order valence-electron chi connectivity index (χ4n) is 2.98. The zero-order valence-corrected chi connectivity index (χ0v) is 17.5. The van der Waals surface area contributed by atoms with Gasteiger partial charge in [-0.1, -0.05) is 44.9 Å². The van der Waals surface area contributed by atoms with Crippen molar-refractivity contribution in [3.05, 3.63) is 0 Å². The average Bonchev–Trinajstić information content (AvgIpc) is 2.57. The highest BCUT2D eigenvalue weighted by atomic mass is 28.4. The predicted octanol–water partition coefficient (Wildman–Crippen LogP) is 4.06. The molecule has 0 fully saturated rings. The SMILES string of the molecule is CCO[Si](OCC)(OCC)C(CCCCCCCCCCN)OC. The van der Waals surface area contributed by atoms with E-state index in [1.807, 2.05) is 20.8 Å². The Bertz CT molecular complexity index is 252. The van der Waals surface area contributed by atoms with Gasteiger partial charge in [0.25, 0.3) is 0 Å². The van der Waals surface area contributed by atoms with E-state index in [4.69, 9.17) is 23.7 Å². The smallest absolute Gasteiger partial charge is 0.377 e. The van der Waals surface area contributed by atoms with Crippen molar-refractivity contribution >= 4 is 8.80 Å². The van der Waals surface area contributed by atoms with Crippen LogP contribution in [0.1, 0.15) is 78.6 Å². The summed E-state index contributed by atoms with van der Waals surface area (Å²) < 4.78 is 23.6. The van der Waals surface area contributed by atoms with E-state index in [9.17, 15) is 0 Å². The van der Waals surface area contributed by atoms with E-state index in [2.05, 4.69) is 0 Å². The van der Waals surface area contributed by atoms with Gasteiger partial charge in [-0.05, 0) is 40.2 Å². The molecule has 0 aliphatic carbocycles. The van der Waals surface area contributed by atoms with Gasteiger partial charge in [-0.15, -0.1) is 0 Å². The molecule has 0 radical (unpaired) electrons. The van der Waals surface area contributed by atoms with Crippen LogP contribution in [0.15, 0.2) is 0 Å². The molecule has 0 aliphatic heterocycles. The van der Waals surface area contributed by atoms with Crippen LogP contribution < -0.4 is 5.73 Å². The quantitative estimate of drug-likeness (QED) is 0.294. The fraction of sp³-hybridized carbons (Fsp3) is 1.00. The van der Waals surface area contributed by atoms with Crippen molar-refractivity contribution in [3.8, 4) is 0 Å². The Morgan fingerprint density at radius 2 is 1.12 bits per heavy atom. The van der Waals surface area contributed by atoms with Crippen molar-refractivity contribution < 1.29 is 18.0 Å². The Morgan fingerprint density at radius 3 is 1.50 bits per heavy atom. The van der Waals surface area contributed by atoms with E-state index in [-0.39, 0.29) is 5.73 Å². The van der Waals surface area contributed by atoms with Crippen molar-refractivity contribution in [1.82, 2.24) is 0 Å². The maximum Gasteiger partial charge on any atom is 0.531 e. The zero-order valence-electron chi connectivity index (χ0n) is 16.5. The lowest BCUT2D eigenvalue weighted by Crippen LogP contribution is -2.57. The summed E-state index contributed by atoms with van der Waals surface area (Å²) in [6.45, 7) is 8.55. The first kappa shape index (κ1) is 24.0. The zero-order chi connectivity index (χ0) is 18.1. The molecule has 2 N–H and O–H groups in total. The molecule has 24 heavy (non-hydrogen) atoms. The van der Waals surface area contributed by atoms with Gasteiger partial charge in [0.2, 0.25) is 0 Å². The third-order valence-corrected chi connectivity index (χ3v) is 7.52. The van der Waals surface area contributed by atoms with E-state index >= 15 is 0 Å². The van der Waals surface area contributed by atoms with Gasteiger partial charge >= 0.3 is 8.80 Å². The van der Waals surface area contributed by atoms with Crippen molar-refractivity contribution in [1.29, 1.82) is 0 Å². The second-order valence-electron chi connectivity index (χ2n) is 6.03. The molecule has 0 saturated heterocycles. The van der Waals surface area contributed by atoms with Crippen LogP contribution in [0.5, 0.6) is 0 Å². The monoisotopic (exact) mass is 363 g/mol. The molecule has 0 aromatic carbocycles. The molecular formula is C18H41NO4Si.